The average molecular weight is 355 g/mol. The van der Waals surface area contributed by atoms with Gasteiger partial charge in [-0.15, -0.1) is 0 Å². The van der Waals surface area contributed by atoms with E-state index in [1.165, 1.54) is 0 Å². The van der Waals surface area contributed by atoms with Crippen LogP contribution in [-0.4, -0.2) is 38.8 Å². The summed E-state index contributed by atoms with van der Waals surface area (Å²) in [4.78, 5) is 0.219. The second-order valence-electron chi connectivity index (χ2n) is 8.15. The third kappa shape index (κ3) is 3.84. The van der Waals surface area contributed by atoms with Crippen LogP contribution in [0.25, 0.3) is 0 Å². The number of benzene rings is 1. The Kier molecular flexibility index (Phi) is 4.30. The summed E-state index contributed by atoms with van der Waals surface area (Å²) in [7, 11) is -3.59. The van der Waals surface area contributed by atoms with Gasteiger partial charge in [-0.1, -0.05) is 0 Å². The van der Waals surface area contributed by atoms with Crippen molar-refractivity contribution >= 4 is 10.0 Å². The highest BCUT2D eigenvalue weighted by atomic mass is 32.2. The Labute approximate surface area is 144 Å². The zero-order valence-corrected chi connectivity index (χ0v) is 15.6. The molecule has 0 bridgehead atoms. The maximum atomic E-state index is 12.8. The van der Waals surface area contributed by atoms with Gasteiger partial charge in [0.1, 0.15) is 13.2 Å². The molecule has 7 heteroatoms. The fraction of sp³-hybridized carbons (Fsp3) is 0.647. The van der Waals surface area contributed by atoms with Crippen LogP contribution in [0.4, 0.5) is 0 Å². The van der Waals surface area contributed by atoms with E-state index < -0.39 is 10.0 Å². The number of nitrogens with one attached hydrogen (secondary N) is 1. The van der Waals surface area contributed by atoms with Crippen molar-refractivity contribution < 1.29 is 23.2 Å². The Balaban J connectivity index is 1.81. The third-order valence-corrected chi connectivity index (χ3v) is 5.99. The zero-order chi connectivity index (χ0) is 17.6. The average Bonchev–Trinajstić information content (AvgIpc) is 2.42. The van der Waals surface area contributed by atoms with E-state index in [0.717, 1.165) is 12.8 Å². The van der Waals surface area contributed by atoms with E-state index >= 15 is 0 Å². The van der Waals surface area contributed by atoms with E-state index in [9.17, 15) is 8.42 Å². The summed E-state index contributed by atoms with van der Waals surface area (Å²) in [5.74, 6) is 1.08. The van der Waals surface area contributed by atoms with Crippen LogP contribution in [0.5, 0.6) is 11.5 Å². The van der Waals surface area contributed by atoms with Crippen molar-refractivity contribution in [1.82, 2.24) is 4.72 Å². The summed E-state index contributed by atoms with van der Waals surface area (Å²) in [6.45, 7) is 9.53. The van der Waals surface area contributed by atoms with Gasteiger partial charge in [0, 0.05) is 24.9 Å². The molecule has 0 aliphatic carbocycles. The van der Waals surface area contributed by atoms with Gasteiger partial charge in [-0.2, -0.15) is 0 Å². The molecular weight excluding hydrogens is 328 g/mol. The quantitative estimate of drug-likeness (QED) is 0.848. The SMILES string of the molecule is CC1(C)CC(NS(=O)(=O)c2ccc3c(c2)OCCO3)CC(C)(C)[NH2+]1. The molecule has 0 aromatic heterocycles. The molecule has 6 nitrogen and oxygen atoms in total. The van der Waals surface area contributed by atoms with Crippen molar-refractivity contribution in [3.8, 4) is 11.5 Å². The predicted molar refractivity (Wildman–Crippen MR) is 90.9 cm³/mol. The molecule has 0 radical (unpaired) electrons. The van der Waals surface area contributed by atoms with E-state index in [1.807, 2.05) is 0 Å². The van der Waals surface area contributed by atoms with E-state index in [4.69, 9.17) is 9.47 Å². The van der Waals surface area contributed by atoms with Crippen LogP contribution in [0.2, 0.25) is 0 Å². The first-order valence-corrected chi connectivity index (χ1v) is 9.84. The first-order chi connectivity index (χ1) is 11.1. The molecule has 0 spiro atoms. The van der Waals surface area contributed by atoms with Crippen molar-refractivity contribution in [2.24, 2.45) is 0 Å². The second kappa shape index (κ2) is 5.89. The Hall–Kier alpha value is -1.31. The minimum atomic E-state index is -3.59. The van der Waals surface area contributed by atoms with Gasteiger partial charge in [-0.05, 0) is 39.8 Å². The van der Waals surface area contributed by atoms with Crippen molar-refractivity contribution in [3.05, 3.63) is 18.2 Å². The number of hydrogen-bond donors (Lipinski definition) is 2. The summed E-state index contributed by atoms with van der Waals surface area (Å²) < 4.78 is 39.4. The van der Waals surface area contributed by atoms with Crippen LogP contribution >= 0.6 is 0 Å². The van der Waals surface area contributed by atoms with E-state index in [2.05, 4.69) is 37.7 Å². The Morgan fingerprint density at radius 2 is 1.62 bits per heavy atom. The fourth-order valence-corrected chi connectivity index (χ4v) is 5.33. The van der Waals surface area contributed by atoms with Crippen molar-refractivity contribution in [2.75, 3.05) is 13.2 Å². The second-order valence-corrected chi connectivity index (χ2v) is 9.87. The van der Waals surface area contributed by atoms with E-state index in [1.54, 1.807) is 18.2 Å². The minimum Gasteiger partial charge on any atom is -0.486 e. The molecule has 134 valence electrons. The lowest BCUT2D eigenvalue weighted by Gasteiger charge is -2.43. The highest BCUT2D eigenvalue weighted by molar-refractivity contribution is 7.89. The normalized spacial score (nSPS) is 23.0. The third-order valence-electron chi connectivity index (χ3n) is 4.47. The summed E-state index contributed by atoms with van der Waals surface area (Å²) in [5.41, 5.74) is 0.00345. The molecule has 24 heavy (non-hydrogen) atoms. The van der Waals surface area contributed by atoms with Crippen LogP contribution in [0, 0.1) is 0 Å². The molecule has 3 rings (SSSR count). The molecule has 3 N–H and O–H groups in total. The number of ether oxygens (including phenoxy) is 2. The maximum Gasteiger partial charge on any atom is 0.240 e. The van der Waals surface area contributed by atoms with Gasteiger partial charge in [0.2, 0.25) is 10.0 Å². The fourth-order valence-electron chi connectivity index (χ4n) is 4.08. The predicted octanol–water partition coefficient (Wildman–Crippen LogP) is 1.02. The largest absolute Gasteiger partial charge is 0.486 e. The van der Waals surface area contributed by atoms with Gasteiger partial charge in [-0.3, -0.25) is 0 Å². The van der Waals surface area contributed by atoms with Crippen LogP contribution in [0.3, 0.4) is 0 Å². The van der Waals surface area contributed by atoms with Crippen molar-refractivity contribution in [1.29, 1.82) is 0 Å². The van der Waals surface area contributed by atoms with Crippen LogP contribution in [-0.2, 0) is 10.0 Å². The van der Waals surface area contributed by atoms with Crippen LogP contribution in [0.1, 0.15) is 40.5 Å². The number of nitrogens with two attached hydrogens (primary N) is 1. The van der Waals surface area contributed by atoms with Gasteiger partial charge >= 0.3 is 0 Å². The molecular formula is C17H27N2O4S+. The lowest BCUT2D eigenvalue weighted by molar-refractivity contribution is -0.787. The molecule has 2 aliphatic rings. The van der Waals surface area contributed by atoms with Crippen LogP contribution < -0.4 is 19.5 Å². The lowest BCUT2D eigenvalue weighted by atomic mass is 9.80. The molecule has 2 aliphatic heterocycles. The number of hydrogen-bond acceptors (Lipinski definition) is 4. The van der Waals surface area contributed by atoms with Gasteiger partial charge in [0.15, 0.2) is 11.5 Å². The van der Waals surface area contributed by atoms with E-state index in [-0.39, 0.29) is 22.0 Å². The Morgan fingerprint density at radius 3 is 2.25 bits per heavy atom. The molecule has 2 heterocycles. The summed E-state index contributed by atoms with van der Waals surface area (Å²) in [5, 5.41) is 2.33. The van der Waals surface area contributed by atoms with E-state index in [0.29, 0.717) is 24.7 Å². The number of sulfonamides is 1. The first kappa shape index (κ1) is 17.5. The number of rotatable bonds is 3. The van der Waals surface area contributed by atoms with Crippen molar-refractivity contribution in [3.63, 3.8) is 0 Å². The zero-order valence-electron chi connectivity index (χ0n) is 14.8. The first-order valence-electron chi connectivity index (χ1n) is 8.35. The highest BCUT2D eigenvalue weighted by Crippen LogP contribution is 2.32. The minimum absolute atomic E-state index is 0.00173. The Morgan fingerprint density at radius 1 is 1.04 bits per heavy atom. The number of fused-ring (bicyclic) bond motifs is 1. The molecule has 0 unspecified atom stereocenters. The topological polar surface area (TPSA) is 81.2 Å². The van der Waals surface area contributed by atoms with Gasteiger partial charge in [0.05, 0.1) is 16.0 Å². The van der Waals surface area contributed by atoms with Crippen LogP contribution in [0.15, 0.2) is 23.1 Å². The molecule has 0 atom stereocenters. The standard InChI is InChI=1S/C17H26N2O4S/c1-16(2)10-12(11-17(3,4)19-16)18-24(20,21)13-5-6-14-15(9-13)23-8-7-22-14/h5-6,9,12,18-19H,7-8,10-11H2,1-4H3/p+1. The molecule has 1 aromatic rings. The molecule has 0 saturated carbocycles. The molecule has 1 saturated heterocycles. The smallest absolute Gasteiger partial charge is 0.240 e. The summed E-state index contributed by atoms with van der Waals surface area (Å²) in [6, 6.07) is 4.69. The Bertz CT molecular complexity index is 712. The number of quaternary nitrogens is 1. The highest BCUT2D eigenvalue weighted by Gasteiger charge is 2.43. The lowest BCUT2D eigenvalue weighted by Crippen LogP contribution is -3.06. The van der Waals surface area contributed by atoms with Gasteiger partial charge in [-0.25, -0.2) is 13.1 Å². The van der Waals surface area contributed by atoms with Crippen molar-refractivity contribution in [2.45, 2.75) is 62.6 Å². The number of piperidine rings is 1. The molecule has 0 amide bonds. The van der Waals surface area contributed by atoms with Gasteiger partial charge in [0.25, 0.3) is 0 Å². The summed E-state index contributed by atoms with van der Waals surface area (Å²) in [6.07, 6.45) is 1.58. The molecule has 1 aromatic carbocycles. The summed E-state index contributed by atoms with van der Waals surface area (Å²) >= 11 is 0. The van der Waals surface area contributed by atoms with Gasteiger partial charge < -0.3 is 14.8 Å². The monoisotopic (exact) mass is 355 g/mol. The molecule has 1 fully saturated rings. The maximum absolute atomic E-state index is 12.8.